The number of piperidine rings is 1. The molecule has 1 saturated heterocycles. The molecule has 4 nitrogen and oxygen atoms in total. The Kier molecular flexibility index (Phi) is 6.18. The van der Waals surface area contributed by atoms with Crippen molar-refractivity contribution in [2.45, 2.75) is 38.6 Å². The molecule has 0 saturated carbocycles. The van der Waals surface area contributed by atoms with Crippen molar-refractivity contribution >= 4 is 11.6 Å². The second-order valence-corrected chi connectivity index (χ2v) is 7.04. The molecule has 0 aromatic heterocycles. The van der Waals surface area contributed by atoms with Crippen molar-refractivity contribution in [3.63, 3.8) is 0 Å². The minimum atomic E-state index is -0.350. The molecule has 4 heteroatoms. The van der Waals surface area contributed by atoms with E-state index in [-0.39, 0.29) is 11.8 Å². The van der Waals surface area contributed by atoms with Gasteiger partial charge in [-0.25, -0.2) is 5.43 Å². The number of nitrogens with one attached hydrogen (secondary N) is 1. The van der Waals surface area contributed by atoms with Crippen molar-refractivity contribution in [3.05, 3.63) is 71.8 Å². The van der Waals surface area contributed by atoms with Crippen molar-refractivity contribution in [2.75, 3.05) is 13.1 Å². The highest BCUT2D eigenvalue weighted by molar-refractivity contribution is 5.90. The maximum atomic E-state index is 12.9. The zero-order valence-corrected chi connectivity index (χ0v) is 15.6. The molecule has 2 aromatic rings. The SMILES string of the molecule is CC(C)N1CCC(=NNC(=O)C(c2ccccc2)c2ccccc2)CC1. The first kappa shape index (κ1) is 18.3. The van der Waals surface area contributed by atoms with Crippen LogP contribution in [0.25, 0.3) is 0 Å². The summed E-state index contributed by atoms with van der Waals surface area (Å²) in [4.78, 5) is 15.4. The Morgan fingerprint density at radius 3 is 1.88 bits per heavy atom. The number of carbonyl (C=O) groups is 1. The van der Waals surface area contributed by atoms with E-state index >= 15 is 0 Å². The van der Waals surface area contributed by atoms with Crippen molar-refractivity contribution in [2.24, 2.45) is 5.10 Å². The zero-order chi connectivity index (χ0) is 18.4. The highest BCUT2D eigenvalue weighted by Gasteiger charge is 2.23. The Hall–Kier alpha value is -2.46. The van der Waals surface area contributed by atoms with Crippen molar-refractivity contribution in [1.29, 1.82) is 0 Å². The standard InChI is InChI=1S/C22H27N3O/c1-17(2)25-15-13-20(14-16-25)23-24-22(26)21(18-9-5-3-6-10-18)19-11-7-4-8-12-19/h3-12,17,21H,13-16H2,1-2H3,(H,24,26). The third kappa shape index (κ3) is 4.58. The molecule has 2 aromatic carbocycles. The van der Waals surface area contributed by atoms with Gasteiger partial charge >= 0.3 is 0 Å². The quantitative estimate of drug-likeness (QED) is 0.835. The summed E-state index contributed by atoms with van der Waals surface area (Å²) in [5, 5.41) is 4.44. The van der Waals surface area contributed by atoms with Crippen LogP contribution in [0.3, 0.4) is 0 Å². The van der Waals surface area contributed by atoms with Crippen molar-refractivity contribution in [3.8, 4) is 0 Å². The monoisotopic (exact) mass is 349 g/mol. The van der Waals surface area contributed by atoms with Crippen LogP contribution in [0, 0.1) is 0 Å². The fraction of sp³-hybridized carbons (Fsp3) is 0.364. The van der Waals surface area contributed by atoms with Gasteiger partial charge in [0.05, 0.1) is 5.92 Å². The zero-order valence-electron chi connectivity index (χ0n) is 15.6. The number of nitrogens with zero attached hydrogens (tertiary/aromatic N) is 2. The molecule has 1 N–H and O–H groups in total. The molecule has 0 bridgehead atoms. The Balaban J connectivity index is 1.72. The second kappa shape index (κ2) is 8.77. The summed E-state index contributed by atoms with van der Waals surface area (Å²) in [6, 6.07) is 20.3. The molecule has 1 heterocycles. The molecule has 0 spiro atoms. The number of benzene rings is 2. The predicted octanol–water partition coefficient (Wildman–Crippen LogP) is 3.79. The van der Waals surface area contributed by atoms with E-state index in [0.29, 0.717) is 6.04 Å². The molecule has 0 radical (unpaired) electrons. The Morgan fingerprint density at radius 2 is 1.42 bits per heavy atom. The van der Waals surface area contributed by atoms with Gasteiger partial charge in [-0.1, -0.05) is 60.7 Å². The summed E-state index contributed by atoms with van der Waals surface area (Å²) in [5.41, 5.74) is 5.86. The van der Waals surface area contributed by atoms with Gasteiger partial charge in [0, 0.05) is 37.7 Å². The first-order valence-corrected chi connectivity index (χ1v) is 9.34. The summed E-state index contributed by atoms with van der Waals surface area (Å²) in [7, 11) is 0. The molecule has 0 aliphatic carbocycles. The van der Waals surface area contributed by atoms with Crippen molar-refractivity contribution in [1.82, 2.24) is 10.3 Å². The number of hydrogen-bond donors (Lipinski definition) is 1. The van der Waals surface area contributed by atoms with Gasteiger partial charge in [0.15, 0.2) is 0 Å². The smallest absolute Gasteiger partial charge is 0.252 e. The van der Waals surface area contributed by atoms with Gasteiger partial charge in [-0.05, 0) is 25.0 Å². The van der Waals surface area contributed by atoms with E-state index in [0.717, 1.165) is 42.8 Å². The van der Waals surface area contributed by atoms with Crippen LogP contribution < -0.4 is 5.43 Å². The lowest BCUT2D eigenvalue weighted by atomic mass is 9.91. The van der Waals surface area contributed by atoms with Gasteiger partial charge in [0.1, 0.15) is 0 Å². The number of carbonyl (C=O) groups excluding carboxylic acids is 1. The molecule has 26 heavy (non-hydrogen) atoms. The third-order valence-corrected chi connectivity index (χ3v) is 4.96. The van der Waals surface area contributed by atoms with Crippen LogP contribution in [0.5, 0.6) is 0 Å². The molecule has 3 rings (SSSR count). The first-order valence-electron chi connectivity index (χ1n) is 9.34. The summed E-state index contributed by atoms with van der Waals surface area (Å²) in [5.74, 6) is -0.432. The lowest BCUT2D eigenvalue weighted by Crippen LogP contribution is -2.39. The van der Waals surface area contributed by atoms with E-state index in [1.165, 1.54) is 0 Å². The lowest BCUT2D eigenvalue weighted by molar-refractivity contribution is -0.121. The van der Waals surface area contributed by atoms with Crippen LogP contribution in [-0.4, -0.2) is 35.7 Å². The molecule has 1 amide bonds. The molecule has 136 valence electrons. The fourth-order valence-electron chi connectivity index (χ4n) is 3.40. The predicted molar refractivity (Wildman–Crippen MR) is 106 cm³/mol. The van der Waals surface area contributed by atoms with Crippen LogP contribution >= 0.6 is 0 Å². The molecular formula is C22H27N3O. The van der Waals surface area contributed by atoms with Crippen LogP contribution in [0.15, 0.2) is 65.8 Å². The van der Waals surface area contributed by atoms with Gasteiger partial charge in [-0.15, -0.1) is 0 Å². The summed E-state index contributed by atoms with van der Waals surface area (Å²) in [6.45, 7) is 6.45. The average Bonchev–Trinajstić information content (AvgIpc) is 2.68. The number of likely N-dealkylation sites (tertiary alicyclic amines) is 1. The average molecular weight is 349 g/mol. The number of rotatable bonds is 5. The summed E-state index contributed by atoms with van der Waals surface area (Å²) >= 11 is 0. The topological polar surface area (TPSA) is 44.7 Å². The van der Waals surface area contributed by atoms with E-state index in [1.807, 2.05) is 60.7 Å². The van der Waals surface area contributed by atoms with E-state index in [4.69, 9.17) is 0 Å². The maximum absolute atomic E-state index is 12.9. The van der Waals surface area contributed by atoms with E-state index < -0.39 is 0 Å². The Labute approximate surface area is 155 Å². The van der Waals surface area contributed by atoms with Crippen LogP contribution in [-0.2, 0) is 4.79 Å². The van der Waals surface area contributed by atoms with Crippen molar-refractivity contribution < 1.29 is 4.79 Å². The van der Waals surface area contributed by atoms with Gasteiger partial charge in [-0.2, -0.15) is 5.10 Å². The highest BCUT2D eigenvalue weighted by atomic mass is 16.2. The molecule has 0 unspecified atom stereocenters. The van der Waals surface area contributed by atoms with Crippen LogP contribution in [0.4, 0.5) is 0 Å². The number of amides is 1. The van der Waals surface area contributed by atoms with Gasteiger partial charge in [0.25, 0.3) is 5.91 Å². The molecule has 1 aliphatic heterocycles. The van der Waals surface area contributed by atoms with E-state index in [2.05, 4.69) is 29.3 Å². The number of hydrogen-bond acceptors (Lipinski definition) is 3. The van der Waals surface area contributed by atoms with E-state index in [9.17, 15) is 4.79 Å². The molecule has 1 aliphatic rings. The van der Waals surface area contributed by atoms with Gasteiger partial charge in [-0.3, -0.25) is 4.79 Å². The maximum Gasteiger partial charge on any atom is 0.252 e. The normalized spacial score (nSPS) is 15.3. The number of hydrazone groups is 1. The summed E-state index contributed by atoms with van der Waals surface area (Å²) < 4.78 is 0. The minimum absolute atomic E-state index is 0.0822. The lowest BCUT2D eigenvalue weighted by Gasteiger charge is -2.30. The molecular weight excluding hydrogens is 322 g/mol. The fourth-order valence-corrected chi connectivity index (χ4v) is 3.40. The third-order valence-electron chi connectivity index (χ3n) is 4.96. The molecule has 0 atom stereocenters. The van der Waals surface area contributed by atoms with Crippen LogP contribution in [0.2, 0.25) is 0 Å². The minimum Gasteiger partial charge on any atom is -0.300 e. The largest absolute Gasteiger partial charge is 0.300 e. The molecule has 1 fully saturated rings. The Bertz CT molecular complexity index is 691. The highest BCUT2D eigenvalue weighted by Crippen LogP contribution is 2.24. The second-order valence-electron chi connectivity index (χ2n) is 7.04. The van der Waals surface area contributed by atoms with Crippen LogP contribution in [0.1, 0.15) is 43.7 Å². The van der Waals surface area contributed by atoms with Gasteiger partial charge < -0.3 is 4.90 Å². The first-order chi connectivity index (χ1) is 12.6. The summed E-state index contributed by atoms with van der Waals surface area (Å²) in [6.07, 6.45) is 1.83. The Morgan fingerprint density at radius 1 is 0.923 bits per heavy atom. The van der Waals surface area contributed by atoms with Gasteiger partial charge in [0.2, 0.25) is 0 Å². The van der Waals surface area contributed by atoms with E-state index in [1.54, 1.807) is 0 Å².